The van der Waals surface area contributed by atoms with Crippen molar-refractivity contribution in [1.82, 2.24) is 0 Å². The number of rotatable bonds is 5. The van der Waals surface area contributed by atoms with Gasteiger partial charge in [0, 0.05) is 0 Å². The zero-order chi connectivity index (χ0) is 14.4. The fourth-order valence-corrected chi connectivity index (χ4v) is 1.33. The third-order valence-electron chi connectivity index (χ3n) is 2.23. The number of carboxylic acids is 1. The molecule has 1 aromatic carbocycles. The van der Waals surface area contributed by atoms with E-state index in [4.69, 9.17) is 14.6 Å². The van der Waals surface area contributed by atoms with E-state index in [0.29, 0.717) is 5.75 Å². The predicted molar refractivity (Wildman–Crippen MR) is 69.8 cm³/mol. The molecule has 0 radical (unpaired) electrons. The van der Waals surface area contributed by atoms with Gasteiger partial charge in [0.15, 0.2) is 0 Å². The van der Waals surface area contributed by atoms with E-state index in [9.17, 15) is 9.59 Å². The second kappa shape index (κ2) is 6.63. The zero-order valence-electron chi connectivity index (χ0n) is 11.1. The molecule has 0 bridgehead atoms. The van der Waals surface area contributed by atoms with E-state index in [2.05, 4.69) is 5.32 Å². The van der Waals surface area contributed by atoms with Gasteiger partial charge in [0.05, 0.1) is 25.0 Å². The highest BCUT2D eigenvalue weighted by molar-refractivity contribution is 5.93. The molecule has 0 spiro atoms. The number of carboxylic acid groups (broad SMARTS) is 1. The molecule has 104 valence electrons. The summed E-state index contributed by atoms with van der Waals surface area (Å²) in [4.78, 5) is 22.4. The fraction of sp³-hybridized carbons (Fsp3) is 0.385. The summed E-state index contributed by atoms with van der Waals surface area (Å²) in [6.45, 7) is 4.12. The van der Waals surface area contributed by atoms with Crippen LogP contribution in [0, 0.1) is 5.92 Å². The smallest absolute Gasteiger partial charge is 0.411 e. The fourth-order valence-electron chi connectivity index (χ4n) is 1.33. The number of aromatic carboxylic acids is 1. The summed E-state index contributed by atoms with van der Waals surface area (Å²) >= 11 is 0. The zero-order valence-corrected chi connectivity index (χ0v) is 11.1. The van der Waals surface area contributed by atoms with Gasteiger partial charge in [-0.15, -0.1) is 0 Å². The monoisotopic (exact) mass is 267 g/mol. The average Bonchev–Trinajstić information content (AvgIpc) is 2.36. The number of methoxy groups -OCH3 is 1. The van der Waals surface area contributed by atoms with E-state index >= 15 is 0 Å². The largest absolute Gasteiger partial charge is 0.495 e. The SMILES string of the molecule is COc1ccc(C(=O)O)cc1NC(=O)OCC(C)C. The number of amides is 1. The number of carbonyl (C=O) groups excluding carboxylic acids is 1. The molecule has 6 nitrogen and oxygen atoms in total. The number of hydrogen-bond acceptors (Lipinski definition) is 4. The molecule has 1 aromatic rings. The summed E-state index contributed by atoms with van der Waals surface area (Å²) < 4.78 is 10.00. The molecule has 0 saturated heterocycles. The molecule has 0 atom stereocenters. The van der Waals surface area contributed by atoms with E-state index in [0.717, 1.165) is 0 Å². The highest BCUT2D eigenvalue weighted by Crippen LogP contribution is 2.25. The van der Waals surface area contributed by atoms with Crippen molar-refractivity contribution in [3.63, 3.8) is 0 Å². The van der Waals surface area contributed by atoms with Crippen LogP contribution in [-0.2, 0) is 4.74 Å². The van der Waals surface area contributed by atoms with Crippen LogP contribution in [0.1, 0.15) is 24.2 Å². The van der Waals surface area contributed by atoms with E-state index in [1.54, 1.807) is 0 Å². The Morgan fingerprint density at radius 2 is 2.05 bits per heavy atom. The lowest BCUT2D eigenvalue weighted by Gasteiger charge is -2.12. The van der Waals surface area contributed by atoms with E-state index < -0.39 is 12.1 Å². The van der Waals surface area contributed by atoms with Gasteiger partial charge in [-0.2, -0.15) is 0 Å². The van der Waals surface area contributed by atoms with E-state index in [-0.39, 0.29) is 23.8 Å². The van der Waals surface area contributed by atoms with Crippen LogP contribution in [0.15, 0.2) is 18.2 Å². The number of benzene rings is 1. The van der Waals surface area contributed by atoms with Crippen LogP contribution in [0.4, 0.5) is 10.5 Å². The van der Waals surface area contributed by atoms with Crippen LogP contribution in [-0.4, -0.2) is 30.9 Å². The lowest BCUT2D eigenvalue weighted by molar-refractivity contribution is 0.0696. The van der Waals surface area contributed by atoms with Crippen LogP contribution in [0.5, 0.6) is 5.75 Å². The Bertz CT molecular complexity index is 470. The standard InChI is InChI=1S/C13H17NO5/c1-8(2)7-19-13(17)14-10-6-9(12(15)16)4-5-11(10)18-3/h4-6,8H,7H2,1-3H3,(H,14,17)(H,15,16). The van der Waals surface area contributed by atoms with Gasteiger partial charge >= 0.3 is 12.1 Å². The van der Waals surface area contributed by atoms with Crippen molar-refractivity contribution >= 4 is 17.7 Å². The van der Waals surface area contributed by atoms with Crippen molar-refractivity contribution in [2.45, 2.75) is 13.8 Å². The van der Waals surface area contributed by atoms with Crippen LogP contribution in [0.25, 0.3) is 0 Å². The van der Waals surface area contributed by atoms with Crippen LogP contribution in [0.2, 0.25) is 0 Å². The van der Waals surface area contributed by atoms with Gasteiger partial charge < -0.3 is 14.6 Å². The number of carbonyl (C=O) groups is 2. The second-order valence-corrected chi connectivity index (χ2v) is 4.34. The highest BCUT2D eigenvalue weighted by atomic mass is 16.5. The number of anilines is 1. The molecular weight excluding hydrogens is 250 g/mol. The maximum Gasteiger partial charge on any atom is 0.411 e. The van der Waals surface area contributed by atoms with Gasteiger partial charge in [-0.05, 0) is 24.1 Å². The second-order valence-electron chi connectivity index (χ2n) is 4.34. The summed E-state index contributed by atoms with van der Waals surface area (Å²) in [6, 6.07) is 4.19. The topological polar surface area (TPSA) is 84.9 Å². The molecule has 0 fully saturated rings. The molecule has 0 aliphatic heterocycles. The first-order chi connectivity index (χ1) is 8.93. The van der Waals surface area contributed by atoms with Crippen molar-refractivity contribution < 1.29 is 24.2 Å². The van der Waals surface area contributed by atoms with Crippen LogP contribution < -0.4 is 10.1 Å². The quantitative estimate of drug-likeness (QED) is 0.856. The van der Waals surface area contributed by atoms with Crippen molar-refractivity contribution in [3.8, 4) is 5.75 Å². The summed E-state index contributed by atoms with van der Waals surface area (Å²) in [7, 11) is 1.43. The molecule has 0 aliphatic carbocycles. The van der Waals surface area contributed by atoms with Gasteiger partial charge in [-0.3, -0.25) is 5.32 Å². The Hall–Kier alpha value is -2.24. The Morgan fingerprint density at radius 3 is 2.58 bits per heavy atom. The van der Waals surface area contributed by atoms with Crippen molar-refractivity contribution in [3.05, 3.63) is 23.8 Å². The first kappa shape index (κ1) is 14.8. The highest BCUT2D eigenvalue weighted by Gasteiger charge is 2.12. The maximum absolute atomic E-state index is 11.5. The summed E-state index contributed by atoms with van der Waals surface area (Å²) in [5.74, 6) is -0.495. The number of ether oxygens (including phenoxy) is 2. The molecule has 0 saturated carbocycles. The van der Waals surface area contributed by atoms with Crippen LogP contribution in [0.3, 0.4) is 0 Å². The number of hydrogen-bond donors (Lipinski definition) is 2. The van der Waals surface area contributed by atoms with E-state index in [1.165, 1.54) is 25.3 Å². The maximum atomic E-state index is 11.5. The van der Waals surface area contributed by atoms with Gasteiger partial charge in [-0.1, -0.05) is 13.8 Å². The Balaban J connectivity index is 2.82. The summed E-state index contributed by atoms with van der Waals surface area (Å²) in [5, 5.41) is 11.4. The lowest BCUT2D eigenvalue weighted by Crippen LogP contribution is -2.17. The average molecular weight is 267 g/mol. The van der Waals surface area contributed by atoms with Crippen molar-refractivity contribution in [2.75, 3.05) is 19.0 Å². The Labute approximate surface area is 111 Å². The molecule has 0 unspecified atom stereocenters. The molecule has 0 aliphatic rings. The molecular formula is C13H17NO5. The Kier molecular flexibility index (Phi) is 5.17. The lowest BCUT2D eigenvalue weighted by atomic mass is 10.2. The van der Waals surface area contributed by atoms with Crippen molar-refractivity contribution in [2.24, 2.45) is 5.92 Å². The molecule has 1 rings (SSSR count). The first-order valence-corrected chi connectivity index (χ1v) is 5.79. The third kappa shape index (κ3) is 4.50. The van der Waals surface area contributed by atoms with Gasteiger partial charge in [0.2, 0.25) is 0 Å². The minimum atomic E-state index is -1.08. The molecule has 1 amide bonds. The van der Waals surface area contributed by atoms with Gasteiger partial charge in [-0.25, -0.2) is 9.59 Å². The minimum Gasteiger partial charge on any atom is -0.495 e. The Morgan fingerprint density at radius 1 is 1.37 bits per heavy atom. The normalized spacial score (nSPS) is 10.1. The van der Waals surface area contributed by atoms with Crippen LogP contribution >= 0.6 is 0 Å². The molecule has 6 heteroatoms. The summed E-state index contributed by atoms with van der Waals surface area (Å²) in [5.41, 5.74) is 0.316. The molecule has 0 aromatic heterocycles. The third-order valence-corrected chi connectivity index (χ3v) is 2.23. The molecule has 2 N–H and O–H groups in total. The van der Waals surface area contributed by atoms with Gasteiger partial charge in [0.1, 0.15) is 5.75 Å². The molecule has 19 heavy (non-hydrogen) atoms. The minimum absolute atomic E-state index is 0.0555. The predicted octanol–water partition coefficient (Wildman–Crippen LogP) is 2.60. The number of nitrogens with one attached hydrogen (secondary N) is 1. The van der Waals surface area contributed by atoms with E-state index in [1.807, 2.05) is 13.8 Å². The van der Waals surface area contributed by atoms with Crippen molar-refractivity contribution in [1.29, 1.82) is 0 Å². The van der Waals surface area contributed by atoms with Gasteiger partial charge in [0.25, 0.3) is 0 Å². The summed E-state index contributed by atoms with van der Waals surface area (Å²) in [6.07, 6.45) is -0.644. The first-order valence-electron chi connectivity index (χ1n) is 5.79. The molecule has 0 heterocycles.